The third kappa shape index (κ3) is 3.05. The lowest BCUT2D eigenvalue weighted by molar-refractivity contribution is 0.386. The maximum absolute atomic E-state index is 13.5. The van der Waals surface area contributed by atoms with Crippen LogP contribution in [0.2, 0.25) is 0 Å². The molecule has 0 bridgehead atoms. The number of hydrogen-bond acceptors (Lipinski definition) is 2. The minimum atomic E-state index is -0.0416. The molecule has 0 heterocycles. The van der Waals surface area contributed by atoms with Crippen molar-refractivity contribution in [2.45, 2.75) is 25.3 Å². The number of hydrogen-bond donors (Lipinski definition) is 1. The molecule has 17 heavy (non-hydrogen) atoms. The Hall–Kier alpha value is -0.930. The van der Waals surface area contributed by atoms with Crippen molar-refractivity contribution in [3.8, 4) is 0 Å². The average Bonchev–Trinajstić information content (AvgIpc) is 2.69. The molecular weight excluding hydrogens is 215 g/mol. The molecule has 1 aliphatic rings. The van der Waals surface area contributed by atoms with E-state index in [1.165, 1.54) is 0 Å². The summed E-state index contributed by atoms with van der Waals surface area (Å²) in [5.74, 6) is -0.0416. The second kappa shape index (κ2) is 5.61. The fraction of sp³-hybridized carbons (Fsp3) is 0.571. The van der Waals surface area contributed by atoms with E-state index >= 15 is 0 Å². The summed E-state index contributed by atoms with van der Waals surface area (Å²) >= 11 is 0. The summed E-state index contributed by atoms with van der Waals surface area (Å²) in [6.07, 6.45) is 3.03. The van der Waals surface area contributed by atoms with Crippen molar-refractivity contribution in [3.05, 3.63) is 35.1 Å². The van der Waals surface area contributed by atoms with Gasteiger partial charge < -0.3 is 10.2 Å². The maximum atomic E-state index is 13.5. The quantitative estimate of drug-likeness (QED) is 0.790. The van der Waals surface area contributed by atoms with Crippen LogP contribution in [0.4, 0.5) is 4.39 Å². The number of nitrogens with zero attached hydrogens (tertiary/aromatic N) is 1. The predicted molar refractivity (Wildman–Crippen MR) is 68.6 cm³/mol. The van der Waals surface area contributed by atoms with Crippen molar-refractivity contribution in [3.63, 3.8) is 0 Å². The van der Waals surface area contributed by atoms with Gasteiger partial charge in [-0.15, -0.1) is 0 Å². The molecular formula is C14H21FN2. The van der Waals surface area contributed by atoms with E-state index in [0.717, 1.165) is 43.5 Å². The molecule has 0 saturated carbocycles. The van der Waals surface area contributed by atoms with E-state index in [2.05, 4.69) is 30.4 Å². The second-order valence-electron chi connectivity index (χ2n) is 5.01. The van der Waals surface area contributed by atoms with Crippen molar-refractivity contribution in [1.29, 1.82) is 0 Å². The third-order valence-corrected chi connectivity index (χ3v) is 3.39. The highest BCUT2D eigenvalue weighted by Crippen LogP contribution is 2.32. The van der Waals surface area contributed by atoms with Gasteiger partial charge in [0.25, 0.3) is 0 Å². The number of fused-ring (bicyclic) bond motifs is 1. The fourth-order valence-electron chi connectivity index (χ4n) is 2.49. The lowest BCUT2D eigenvalue weighted by Gasteiger charge is -2.15. The highest BCUT2D eigenvalue weighted by Gasteiger charge is 2.23. The minimum Gasteiger partial charge on any atom is -0.310 e. The molecule has 0 fully saturated rings. The van der Waals surface area contributed by atoms with Gasteiger partial charge in [-0.1, -0.05) is 12.1 Å². The molecule has 1 aromatic rings. The van der Waals surface area contributed by atoms with E-state index < -0.39 is 0 Å². The van der Waals surface area contributed by atoms with Crippen molar-refractivity contribution < 1.29 is 4.39 Å². The van der Waals surface area contributed by atoms with Crippen LogP contribution in [0.5, 0.6) is 0 Å². The van der Waals surface area contributed by atoms with Crippen LogP contribution in [0.15, 0.2) is 18.2 Å². The van der Waals surface area contributed by atoms with Gasteiger partial charge in [0.05, 0.1) is 0 Å². The van der Waals surface area contributed by atoms with Gasteiger partial charge in [0.1, 0.15) is 5.82 Å². The molecule has 0 amide bonds. The number of benzene rings is 1. The van der Waals surface area contributed by atoms with Gasteiger partial charge in [-0.05, 0) is 63.6 Å². The van der Waals surface area contributed by atoms with Crippen LogP contribution in [-0.4, -0.2) is 32.1 Å². The molecule has 3 heteroatoms. The standard InChI is InChI=1S/C14H21FN2/c1-17(2)10-4-9-16-14-8-7-11-12(14)5-3-6-13(11)15/h3,5-6,14,16H,4,7-10H2,1-2H3. The number of halogens is 1. The van der Waals surface area contributed by atoms with E-state index in [0.29, 0.717) is 6.04 Å². The number of rotatable bonds is 5. The lowest BCUT2D eigenvalue weighted by atomic mass is 10.1. The average molecular weight is 236 g/mol. The third-order valence-electron chi connectivity index (χ3n) is 3.39. The summed E-state index contributed by atoms with van der Waals surface area (Å²) < 4.78 is 13.5. The van der Waals surface area contributed by atoms with Gasteiger partial charge in [-0.25, -0.2) is 4.39 Å². The molecule has 1 aliphatic carbocycles. The smallest absolute Gasteiger partial charge is 0.126 e. The van der Waals surface area contributed by atoms with Gasteiger partial charge in [-0.2, -0.15) is 0 Å². The zero-order valence-corrected chi connectivity index (χ0v) is 10.7. The summed E-state index contributed by atoms with van der Waals surface area (Å²) in [5.41, 5.74) is 2.08. The normalized spacial score (nSPS) is 18.7. The molecule has 1 aromatic carbocycles. The van der Waals surface area contributed by atoms with Gasteiger partial charge in [0.15, 0.2) is 0 Å². The van der Waals surface area contributed by atoms with Crippen LogP contribution in [0.1, 0.15) is 30.0 Å². The molecule has 0 aliphatic heterocycles. The van der Waals surface area contributed by atoms with Gasteiger partial charge in [-0.3, -0.25) is 0 Å². The van der Waals surface area contributed by atoms with Crippen LogP contribution < -0.4 is 5.32 Å². The topological polar surface area (TPSA) is 15.3 Å². The van der Waals surface area contributed by atoms with Gasteiger partial charge in [0, 0.05) is 6.04 Å². The van der Waals surface area contributed by atoms with E-state index in [9.17, 15) is 4.39 Å². The summed E-state index contributed by atoms with van der Waals surface area (Å²) in [4.78, 5) is 2.18. The molecule has 1 unspecified atom stereocenters. The lowest BCUT2D eigenvalue weighted by Crippen LogP contribution is -2.24. The minimum absolute atomic E-state index is 0.0416. The summed E-state index contributed by atoms with van der Waals surface area (Å²) in [5, 5.41) is 3.53. The first kappa shape index (κ1) is 12.5. The highest BCUT2D eigenvalue weighted by atomic mass is 19.1. The second-order valence-corrected chi connectivity index (χ2v) is 5.01. The molecule has 2 nitrogen and oxygen atoms in total. The van der Waals surface area contributed by atoms with Crippen LogP contribution >= 0.6 is 0 Å². The van der Waals surface area contributed by atoms with Crippen LogP contribution in [0.25, 0.3) is 0 Å². The highest BCUT2D eigenvalue weighted by molar-refractivity contribution is 5.35. The van der Waals surface area contributed by atoms with E-state index in [-0.39, 0.29) is 5.82 Å². The molecule has 0 spiro atoms. The summed E-state index contributed by atoms with van der Waals surface area (Å²) in [6, 6.07) is 5.78. The molecule has 0 saturated heterocycles. The van der Waals surface area contributed by atoms with Gasteiger partial charge >= 0.3 is 0 Å². The fourth-order valence-corrected chi connectivity index (χ4v) is 2.49. The van der Waals surface area contributed by atoms with Crippen LogP contribution in [0, 0.1) is 5.82 Å². The molecule has 1 N–H and O–H groups in total. The Kier molecular flexibility index (Phi) is 4.13. The first-order chi connectivity index (χ1) is 8.18. The number of nitrogens with one attached hydrogen (secondary N) is 1. The van der Waals surface area contributed by atoms with E-state index in [1.54, 1.807) is 6.07 Å². The van der Waals surface area contributed by atoms with Crippen LogP contribution in [-0.2, 0) is 6.42 Å². The SMILES string of the molecule is CN(C)CCCNC1CCc2c(F)cccc21. The largest absolute Gasteiger partial charge is 0.310 e. The van der Waals surface area contributed by atoms with Crippen molar-refractivity contribution in [2.75, 3.05) is 27.2 Å². The monoisotopic (exact) mass is 236 g/mol. The zero-order valence-electron chi connectivity index (χ0n) is 10.7. The van der Waals surface area contributed by atoms with Crippen molar-refractivity contribution in [1.82, 2.24) is 10.2 Å². The Bertz CT molecular complexity index is 376. The van der Waals surface area contributed by atoms with Crippen molar-refractivity contribution in [2.24, 2.45) is 0 Å². The molecule has 0 radical (unpaired) electrons. The van der Waals surface area contributed by atoms with E-state index in [4.69, 9.17) is 0 Å². The Morgan fingerprint density at radius 1 is 1.41 bits per heavy atom. The van der Waals surface area contributed by atoms with Crippen LogP contribution in [0.3, 0.4) is 0 Å². The first-order valence-electron chi connectivity index (χ1n) is 6.34. The molecule has 1 atom stereocenters. The molecule has 2 rings (SSSR count). The predicted octanol–water partition coefficient (Wildman–Crippen LogP) is 2.35. The summed E-state index contributed by atoms with van der Waals surface area (Å²) in [6.45, 7) is 2.09. The van der Waals surface area contributed by atoms with Gasteiger partial charge in [0.2, 0.25) is 0 Å². The molecule has 0 aromatic heterocycles. The van der Waals surface area contributed by atoms with E-state index in [1.807, 2.05) is 6.07 Å². The Morgan fingerprint density at radius 3 is 3.00 bits per heavy atom. The maximum Gasteiger partial charge on any atom is 0.126 e. The first-order valence-corrected chi connectivity index (χ1v) is 6.34. The Balaban J connectivity index is 1.87. The Morgan fingerprint density at radius 2 is 2.24 bits per heavy atom. The molecule has 94 valence electrons. The van der Waals surface area contributed by atoms with Crippen molar-refractivity contribution >= 4 is 0 Å². The zero-order chi connectivity index (χ0) is 12.3. The summed E-state index contributed by atoms with van der Waals surface area (Å²) in [7, 11) is 4.17. The Labute approximate surface area is 103 Å².